The summed E-state index contributed by atoms with van der Waals surface area (Å²) in [6, 6.07) is 17.7. The van der Waals surface area contributed by atoms with Gasteiger partial charge in [-0.05, 0) is 66.7 Å². The summed E-state index contributed by atoms with van der Waals surface area (Å²) in [4.78, 5) is 18.8. The average Bonchev–Trinajstić information content (AvgIpc) is 2.93. The molecule has 0 radical (unpaired) electrons. The molecule has 3 aromatic carbocycles. The van der Waals surface area contributed by atoms with Gasteiger partial charge in [0.1, 0.15) is 0 Å². The number of aromatic nitrogens is 1. The first-order valence-corrected chi connectivity index (χ1v) is 13.7. The Hall–Kier alpha value is -3.67. The summed E-state index contributed by atoms with van der Waals surface area (Å²) in [6.07, 6.45) is -3.03. The van der Waals surface area contributed by atoms with Crippen LogP contribution in [0.25, 0.3) is 10.9 Å². The molecule has 0 atom stereocenters. The third kappa shape index (κ3) is 5.70. The Labute approximate surface area is 227 Å². The fraction of sp³-hybridized carbons (Fsp3) is 0.185. The number of fused-ring (bicyclic) bond motifs is 1. The second-order valence-corrected chi connectivity index (χ2v) is 11.3. The summed E-state index contributed by atoms with van der Waals surface area (Å²) < 4.78 is 66.3. The Morgan fingerprint density at radius 2 is 1.56 bits per heavy atom. The van der Waals surface area contributed by atoms with Crippen LogP contribution in [-0.2, 0) is 16.2 Å². The predicted molar refractivity (Wildman–Crippen MR) is 143 cm³/mol. The van der Waals surface area contributed by atoms with Crippen molar-refractivity contribution in [2.45, 2.75) is 11.1 Å². The van der Waals surface area contributed by atoms with Crippen LogP contribution in [-0.4, -0.2) is 54.7 Å². The van der Waals surface area contributed by atoms with Gasteiger partial charge in [0.2, 0.25) is 10.0 Å². The number of benzene rings is 3. The molecule has 202 valence electrons. The maximum Gasteiger partial charge on any atom is 0.416 e. The molecular formula is C27H22ClF3N4O3S. The van der Waals surface area contributed by atoms with E-state index in [0.717, 1.165) is 12.1 Å². The lowest BCUT2D eigenvalue weighted by molar-refractivity contribution is -0.137. The van der Waals surface area contributed by atoms with E-state index in [-0.39, 0.29) is 42.5 Å². The Kier molecular flexibility index (Phi) is 7.23. The maximum atomic E-state index is 13.0. The van der Waals surface area contributed by atoms with E-state index in [9.17, 15) is 26.4 Å². The number of nitrogens with zero attached hydrogens (tertiary/aromatic N) is 3. The topological polar surface area (TPSA) is 82.6 Å². The van der Waals surface area contributed by atoms with Crippen LogP contribution in [0.4, 0.5) is 24.5 Å². The molecule has 0 bridgehead atoms. The summed E-state index contributed by atoms with van der Waals surface area (Å²) in [5.74, 6) is -0.223. The van der Waals surface area contributed by atoms with E-state index in [1.807, 2.05) is 0 Å². The molecular weight excluding hydrogens is 553 g/mol. The van der Waals surface area contributed by atoms with Crippen molar-refractivity contribution in [1.82, 2.24) is 14.2 Å². The third-order valence-corrected chi connectivity index (χ3v) is 8.62. The number of nitrogens with one attached hydrogen (secondary N) is 1. The van der Waals surface area contributed by atoms with Gasteiger partial charge in [0.05, 0.1) is 16.0 Å². The summed E-state index contributed by atoms with van der Waals surface area (Å²) in [5.41, 5.74) is 1.08. The van der Waals surface area contributed by atoms with Gasteiger partial charge in [-0.15, -0.1) is 0 Å². The number of hydrogen-bond acceptors (Lipinski definition) is 5. The Morgan fingerprint density at radius 1 is 0.897 bits per heavy atom. The summed E-state index contributed by atoms with van der Waals surface area (Å²) in [6.45, 7) is 0.826. The van der Waals surface area contributed by atoms with Gasteiger partial charge in [-0.25, -0.2) is 8.42 Å². The van der Waals surface area contributed by atoms with Crippen LogP contribution < -0.4 is 5.32 Å². The average molecular weight is 575 g/mol. The molecule has 1 amide bonds. The molecule has 1 aliphatic rings. The molecule has 7 nitrogen and oxygen atoms in total. The lowest BCUT2D eigenvalue weighted by Crippen LogP contribution is -2.50. The number of alkyl halides is 3. The predicted octanol–water partition coefficient (Wildman–Crippen LogP) is 5.80. The molecule has 1 aliphatic heterocycles. The summed E-state index contributed by atoms with van der Waals surface area (Å²) in [7, 11) is -3.69. The van der Waals surface area contributed by atoms with Gasteiger partial charge in [-0.1, -0.05) is 17.7 Å². The molecule has 0 aliphatic carbocycles. The van der Waals surface area contributed by atoms with Crippen LogP contribution in [0.15, 0.2) is 83.9 Å². The first kappa shape index (κ1) is 26.9. The van der Waals surface area contributed by atoms with Crippen LogP contribution in [0, 0.1) is 0 Å². The summed E-state index contributed by atoms with van der Waals surface area (Å²) in [5, 5.41) is 4.13. The molecule has 2 heterocycles. The van der Waals surface area contributed by atoms with Gasteiger partial charge in [0, 0.05) is 59.7 Å². The highest BCUT2D eigenvalue weighted by Crippen LogP contribution is 2.33. The van der Waals surface area contributed by atoms with E-state index in [0.29, 0.717) is 27.3 Å². The van der Waals surface area contributed by atoms with Crippen molar-refractivity contribution in [2.75, 3.05) is 31.5 Å². The zero-order valence-electron chi connectivity index (χ0n) is 20.3. The van der Waals surface area contributed by atoms with E-state index < -0.39 is 21.8 Å². The highest BCUT2D eigenvalue weighted by molar-refractivity contribution is 7.89. The Balaban J connectivity index is 1.24. The largest absolute Gasteiger partial charge is 0.416 e. The summed E-state index contributed by atoms with van der Waals surface area (Å²) >= 11 is 5.86. The number of hydrogen-bond donors (Lipinski definition) is 1. The van der Waals surface area contributed by atoms with Crippen LogP contribution in [0.2, 0.25) is 5.02 Å². The molecule has 39 heavy (non-hydrogen) atoms. The highest BCUT2D eigenvalue weighted by Gasteiger charge is 2.31. The zero-order valence-corrected chi connectivity index (χ0v) is 21.9. The maximum absolute atomic E-state index is 13.0. The van der Waals surface area contributed by atoms with E-state index >= 15 is 0 Å². The molecule has 4 aromatic rings. The first-order valence-electron chi connectivity index (χ1n) is 11.9. The van der Waals surface area contributed by atoms with E-state index in [4.69, 9.17) is 11.6 Å². The molecule has 0 unspecified atom stereocenters. The number of halogens is 4. The van der Waals surface area contributed by atoms with Gasteiger partial charge >= 0.3 is 6.18 Å². The number of amides is 1. The van der Waals surface area contributed by atoms with Crippen molar-refractivity contribution in [3.05, 3.63) is 95.1 Å². The van der Waals surface area contributed by atoms with Gasteiger partial charge < -0.3 is 10.2 Å². The van der Waals surface area contributed by atoms with Crippen molar-refractivity contribution in [1.29, 1.82) is 0 Å². The molecule has 12 heteroatoms. The molecule has 1 fully saturated rings. The number of anilines is 2. The van der Waals surface area contributed by atoms with Gasteiger partial charge in [-0.3, -0.25) is 9.78 Å². The second-order valence-electron chi connectivity index (χ2n) is 8.94. The quantitative estimate of drug-likeness (QED) is 0.326. The van der Waals surface area contributed by atoms with Crippen molar-refractivity contribution >= 4 is 49.8 Å². The molecule has 0 saturated carbocycles. The number of carbonyl (C=O) groups is 1. The van der Waals surface area contributed by atoms with Crippen molar-refractivity contribution in [2.24, 2.45) is 0 Å². The van der Waals surface area contributed by atoms with Gasteiger partial charge in [0.25, 0.3) is 5.91 Å². The van der Waals surface area contributed by atoms with Crippen LogP contribution in [0.5, 0.6) is 0 Å². The highest BCUT2D eigenvalue weighted by atomic mass is 35.5. The van der Waals surface area contributed by atoms with Crippen molar-refractivity contribution < 1.29 is 26.4 Å². The second kappa shape index (κ2) is 10.5. The lowest BCUT2D eigenvalue weighted by atomic mass is 10.1. The standard InChI is InChI=1S/C27H22ClF3N4O3S/c28-20-4-8-22(9-5-20)39(37,38)35-15-13-34(14-16-35)26(36)18-1-6-21(7-2-18)33-24-11-12-32-25-17-19(27(29,30)31)3-10-23(24)25/h1-12,17H,13-16H2,(H,32,33). The first-order chi connectivity index (χ1) is 18.5. The fourth-order valence-electron chi connectivity index (χ4n) is 4.35. The molecule has 0 spiro atoms. The molecule has 5 rings (SSSR count). The molecule has 1 saturated heterocycles. The van der Waals surface area contributed by atoms with E-state index in [1.54, 1.807) is 35.2 Å². The molecule has 1 N–H and O–H groups in total. The van der Waals surface area contributed by atoms with E-state index in [2.05, 4.69) is 10.3 Å². The minimum atomic E-state index is -4.46. The number of sulfonamides is 1. The minimum absolute atomic E-state index is 0.150. The third-order valence-electron chi connectivity index (χ3n) is 6.46. The smallest absolute Gasteiger partial charge is 0.355 e. The lowest BCUT2D eigenvalue weighted by Gasteiger charge is -2.34. The number of piperazine rings is 1. The normalized spacial score (nSPS) is 14.9. The van der Waals surface area contributed by atoms with Gasteiger partial charge in [0.15, 0.2) is 0 Å². The van der Waals surface area contributed by atoms with Crippen LogP contribution in [0.1, 0.15) is 15.9 Å². The SMILES string of the molecule is O=C(c1ccc(Nc2ccnc3cc(C(F)(F)F)ccc23)cc1)N1CCN(S(=O)(=O)c2ccc(Cl)cc2)CC1. The van der Waals surface area contributed by atoms with Crippen LogP contribution >= 0.6 is 11.6 Å². The number of carbonyl (C=O) groups excluding carboxylic acids is 1. The van der Waals surface area contributed by atoms with Crippen molar-refractivity contribution in [3.63, 3.8) is 0 Å². The number of pyridine rings is 1. The van der Waals surface area contributed by atoms with Crippen LogP contribution in [0.3, 0.4) is 0 Å². The number of rotatable bonds is 5. The van der Waals surface area contributed by atoms with Crippen molar-refractivity contribution in [3.8, 4) is 0 Å². The minimum Gasteiger partial charge on any atom is -0.355 e. The van der Waals surface area contributed by atoms with E-state index in [1.165, 1.54) is 40.8 Å². The van der Waals surface area contributed by atoms with Gasteiger partial charge in [-0.2, -0.15) is 17.5 Å². The fourth-order valence-corrected chi connectivity index (χ4v) is 5.90. The molecule has 1 aromatic heterocycles. The Bertz CT molecular complexity index is 1620. The zero-order chi connectivity index (χ0) is 27.8. The monoisotopic (exact) mass is 574 g/mol. The Morgan fingerprint density at radius 3 is 2.21 bits per heavy atom.